The molecule has 0 bridgehead atoms. The molecule has 0 spiro atoms. The second-order valence-corrected chi connectivity index (χ2v) is 12.4. The van der Waals surface area contributed by atoms with E-state index >= 15 is 0 Å². The van der Waals surface area contributed by atoms with Gasteiger partial charge in [-0.25, -0.2) is 0 Å². The molecule has 0 saturated heterocycles. The van der Waals surface area contributed by atoms with E-state index in [9.17, 15) is 0 Å². The van der Waals surface area contributed by atoms with Crippen LogP contribution in [-0.2, 0) is 6.42 Å². The van der Waals surface area contributed by atoms with Crippen LogP contribution >= 0.6 is 0 Å². The van der Waals surface area contributed by atoms with Gasteiger partial charge in [0.05, 0.1) is 0 Å². The van der Waals surface area contributed by atoms with E-state index in [1.807, 2.05) is 0 Å². The molecule has 0 amide bonds. The average Bonchev–Trinajstić information content (AvgIpc) is 2.91. The van der Waals surface area contributed by atoms with Crippen LogP contribution < -0.4 is 0 Å². The molecule has 0 nitrogen and oxygen atoms in total. The zero-order valence-electron chi connectivity index (χ0n) is 25.8. The van der Waals surface area contributed by atoms with Crippen molar-refractivity contribution in [2.75, 3.05) is 0 Å². The smallest absolute Gasteiger partial charge is 0.0279 e. The quantitative estimate of drug-likeness (QED) is 0.0936. The summed E-state index contributed by atoms with van der Waals surface area (Å²) in [6, 6.07) is 11.0. The molecule has 0 heterocycles. The van der Waals surface area contributed by atoms with Crippen molar-refractivity contribution in [2.45, 2.75) is 194 Å². The Bertz CT molecular complexity index is 532. The van der Waals surface area contributed by atoms with Crippen molar-refractivity contribution in [1.29, 1.82) is 0 Å². The van der Waals surface area contributed by atoms with E-state index in [4.69, 9.17) is 0 Å². The van der Waals surface area contributed by atoms with E-state index in [0.717, 1.165) is 5.92 Å². The number of benzene rings is 1. The minimum Gasteiger partial charge on any atom is -0.0654 e. The number of rotatable bonds is 29. The van der Waals surface area contributed by atoms with Crippen LogP contribution in [0.25, 0.3) is 0 Å². The highest BCUT2D eigenvalue weighted by atomic mass is 14.1. The molecule has 1 unspecified atom stereocenters. The van der Waals surface area contributed by atoms with Gasteiger partial charge < -0.3 is 0 Å². The van der Waals surface area contributed by atoms with Crippen LogP contribution in [0.5, 0.6) is 0 Å². The fraction of sp³-hybridized carbons (Fsp3) is 0.838. The maximum atomic E-state index is 2.46. The first-order chi connectivity index (χ1) is 18.3. The van der Waals surface area contributed by atoms with Gasteiger partial charge in [0, 0.05) is 0 Å². The fourth-order valence-electron chi connectivity index (χ4n) is 5.90. The van der Waals surface area contributed by atoms with Gasteiger partial charge in [-0.1, -0.05) is 211 Å². The lowest BCUT2D eigenvalue weighted by Gasteiger charge is -2.11. The standard InChI is InChI=1S/C37H68/c1-3-4-5-6-7-8-9-10-11-12-13-14-15-16-17-18-19-20-21-22-23-24-25-27-31-36(2)32-30-35-37-33-28-26-29-34-37/h26,28-29,33-34,36H,3-25,27,30-32,35H2,1-2H3. The predicted molar refractivity (Wildman–Crippen MR) is 170 cm³/mol. The summed E-state index contributed by atoms with van der Waals surface area (Å²) in [5, 5.41) is 0. The average molecular weight is 513 g/mol. The third kappa shape index (κ3) is 25.3. The summed E-state index contributed by atoms with van der Waals surface area (Å²) in [4.78, 5) is 0. The van der Waals surface area contributed by atoms with Crippen LogP contribution in [-0.4, -0.2) is 0 Å². The molecule has 0 heteroatoms. The zero-order valence-corrected chi connectivity index (χ0v) is 25.8. The molecule has 216 valence electrons. The number of hydrogen-bond acceptors (Lipinski definition) is 0. The summed E-state index contributed by atoms with van der Waals surface area (Å²) < 4.78 is 0. The lowest BCUT2D eigenvalue weighted by Crippen LogP contribution is -1.96. The molecule has 0 saturated carbocycles. The molecule has 0 aliphatic heterocycles. The molecule has 0 aliphatic carbocycles. The third-order valence-corrected chi connectivity index (χ3v) is 8.56. The molecule has 37 heavy (non-hydrogen) atoms. The summed E-state index contributed by atoms with van der Waals surface area (Å²) in [5.41, 5.74) is 1.50. The summed E-state index contributed by atoms with van der Waals surface area (Å²) in [5.74, 6) is 0.906. The largest absolute Gasteiger partial charge is 0.0654 e. The normalized spacial score (nSPS) is 12.3. The Morgan fingerprint density at radius 2 is 0.730 bits per heavy atom. The van der Waals surface area contributed by atoms with Gasteiger partial charge in [0.1, 0.15) is 0 Å². The van der Waals surface area contributed by atoms with Crippen molar-refractivity contribution in [3.63, 3.8) is 0 Å². The van der Waals surface area contributed by atoms with Crippen LogP contribution in [0, 0.1) is 5.92 Å². The molecule has 0 aromatic heterocycles. The van der Waals surface area contributed by atoms with E-state index in [2.05, 4.69) is 44.2 Å². The van der Waals surface area contributed by atoms with Gasteiger partial charge in [0.25, 0.3) is 0 Å². The van der Waals surface area contributed by atoms with Gasteiger partial charge in [0.15, 0.2) is 0 Å². The number of hydrogen-bond donors (Lipinski definition) is 0. The highest BCUT2D eigenvalue weighted by Crippen LogP contribution is 2.19. The van der Waals surface area contributed by atoms with Gasteiger partial charge >= 0.3 is 0 Å². The summed E-state index contributed by atoms with van der Waals surface area (Å²) in [6.45, 7) is 4.77. The van der Waals surface area contributed by atoms with Crippen LogP contribution in [0.1, 0.15) is 193 Å². The first-order valence-electron chi connectivity index (χ1n) is 17.4. The molecule has 0 radical (unpaired) electrons. The van der Waals surface area contributed by atoms with Crippen molar-refractivity contribution in [2.24, 2.45) is 5.92 Å². The maximum absolute atomic E-state index is 2.46. The molecule has 0 fully saturated rings. The number of aryl methyl sites for hydroxylation is 1. The summed E-state index contributed by atoms with van der Waals surface area (Å²) in [7, 11) is 0. The van der Waals surface area contributed by atoms with E-state index in [1.165, 1.54) is 185 Å². The maximum Gasteiger partial charge on any atom is -0.0279 e. The monoisotopic (exact) mass is 513 g/mol. The van der Waals surface area contributed by atoms with Crippen LogP contribution in [0.3, 0.4) is 0 Å². The highest BCUT2D eigenvalue weighted by Gasteiger charge is 2.03. The van der Waals surface area contributed by atoms with Gasteiger partial charge in [-0.2, -0.15) is 0 Å². The van der Waals surface area contributed by atoms with Crippen molar-refractivity contribution in [3.05, 3.63) is 35.9 Å². The third-order valence-electron chi connectivity index (χ3n) is 8.56. The Morgan fingerprint density at radius 3 is 1.11 bits per heavy atom. The van der Waals surface area contributed by atoms with Gasteiger partial charge in [0.2, 0.25) is 0 Å². The van der Waals surface area contributed by atoms with Crippen molar-refractivity contribution in [3.8, 4) is 0 Å². The zero-order chi connectivity index (χ0) is 26.5. The Morgan fingerprint density at radius 1 is 0.405 bits per heavy atom. The van der Waals surface area contributed by atoms with Crippen LogP contribution in [0.2, 0.25) is 0 Å². The van der Waals surface area contributed by atoms with Gasteiger partial charge in [-0.05, 0) is 24.3 Å². The second kappa shape index (κ2) is 28.2. The van der Waals surface area contributed by atoms with Crippen LogP contribution in [0.4, 0.5) is 0 Å². The topological polar surface area (TPSA) is 0 Å². The van der Waals surface area contributed by atoms with Crippen molar-refractivity contribution >= 4 is 0 Å². The lowest BCUT2D eigenvalue weighted by molar-refractivity contribution is 0.442. The summed E-state index contributed by atoms with van der Waals surface area (Å²) in [6.07, 6.45) is 40.8. The number of unbranched alkanes of at least 4 members (excludes halogenated alkanes) is 23. The first-order valence-corrected chi connectivity index (χ1v) is 17.4. The molecule has 0 N–H and O–H groups in total. The van der Waals surface area contributed by atoms with E-state index in [1.54, 1.807) is 0 Å². The van der Waals surface area contributed by atoms with Crippen molar-refractivity contribution < 1.29 is 0 Å². The Kier molecular flexibility index (Phi) is 26.1. The molecular formula is C37H68. The van der Waals surface area contributed by atoms with E-state index in [-0.39, 0.29) is 0 Å². The fourth-order valence-corrected chi connectivity index (χ4v) is 5.90. The molecule has 1 aromatic rings. The molecule has 1 rings (SSSR count). The minimum absolute atomic E-state index is 0.906. The second-order valence-electron chi connectivity index (χ2n) is 12.4. The minimum atomic E-state index is 0.906. The molecular weight excluding hydrogens is 444 g/mol. The van der Waals surface area contributed by atoms with Gasteiger partial charge in [-0.3, -0.25) is 0 Å². The predicted octanol–water partition coefficient (Wildman–Crippen LogP) is 13.4. The van der Waals surface area contributed by atoms with E-state index < -0.39 is 0 Å². The Hall–Kier alpha value is -0.780. The van der Waals surface area contributed by atoms with Crippen LogP contribution in [0.15, 0.2) is 30.3 Å². The van der Waals surface area contributed by atoms with Crippen molar-refractivity contribution in [1.82, 2.24) is 0 Å². The molecule has 0 aliphatic rings. The molecule has 1 atom stereocenters. The summed E-state index contributed by atoms with van der Waals surface area (Å²) >= 11 is 0. The highest BCUT2D eigenvalue weighted by molar-refractivity contribution is 5.14. The first kappa shape index (κ1) is 34.2. The molecule has 1 aromatic carbocycles. The van der Waals surface area contributed by atoms with E-state index in [0.29, 0.717) is 0 Å². The van der Waals surface area contributed by atoms with Gasteiger partial charge in [-0.15, -0.1) is 0 Å². The Balaban J connectivity index is 1.67. The Labute approximate surface area is 235 Å². The lowest BCUT2D eigenvalue weighted by atomic mass is 9.95. The SMILES string of the molecule is CCCCCCCCCCCCCCCCCCCCCCCCCCC(C)CCCc1ccccc1.